The molecule has 0 amide bonds. The summed E-state index contributed by atoms with van der Waals surface area (Å²) in [6, 6.07) is 14.4. The first-order valence-corrected chi connectivity index (χ1v) is 11.6. The second kappa shape index (κ2) is 9.17. The fourth-order valence-corrected chi connectivity index (χ4v) is 4.41. The molecule has 1 unspecified atom stereocenters. The van der Waals surface area contributed by atoms with Crippen LogP contribution in [0.15, 0.2) is 59.7 Å². The van der Waals surface area contributed by atoms with E-state index < -0.39 is 0 Å². The normalized spacial score (nSPS) is 14.3. The van der Waals surface area contributed by atoms with Gasteiger partial charge in [0.25, 0.3) is 5.56 Å². The smallest absolute Gasteiger partial charge is 0.261 e. The molecule has 1 fully saturated rings. The SMILES string of the molecule is COc1cccc(C(=N)c2c(N)ncnc2NC(C)c2nc3ccccc3c(=O)n2C2CCC2)c1. The molecule has 9 heteroatoms. The number of hydrogen-bond acceptors (Lipinski definition) is 8. The Labute approximate surface area is 202 Å². The summed E-state index contributed by atoms with van der Waals surface area (Å²) in [5, 5.41) is 12.8. The number of nitrogens with zero attached hydrogens (tertiary/aromatic N) is 4. The zero-order valence-electron chi connectivity index (χ0n) is 19.7. The number of fused-ring (bicyclic) bond motifs is 1. The van der Waals surface area contributed by atoms with E-state index in [1.54, 1.807) is 13.2 Å². The summed E-state index contributed by atoms with van der Waals surface area (Å²) in [5.74, 6) is 1.86. The lowest BCUT2D eigenvalue weighted by Crippen LogP contribution is -2.34. The van der Waals surface area contributed by atoms with E-state index in [-0.39, 0.29) is 29.2 Å². The van der Waals surface area contributed by atoms with Crippen molar-refractivity contribution in [2.45, 2.75) is 38.3 Å². The maximum atomic E-state index is 13.4. The zero-order valence-corrected chi connectivity index (χ0v) is 19.7. The molecule has 1 saturated carbocycles. The van der Waals surface area contributed by atoms with Crippen LogP contribution in [-0.2, 0) is 0 Å². The van der Waals surface area contributed by atoms with Gasteiger partial charge in [0, 0.05) is 11.6 Å². The first kappa shape index (κ1) is 22.5. The second-order valence-electron chi connectivity index (χ2n) is 8.70. The number of anilines is 2. The zero-order chi connectivity index (χ0) is 24.5. The molecule has 2 aromatic heterocycles. The van der Waals surface area contributed by atoms with Crippen LogP contribution in [0.2, 0.25) is 0 Å². The number of benzene rings is 2. The third-order valence-corrected chi connectivity index (χ3v) is 6.50. The molecule has 0 aliphatic heterocycles. The van der Waals surface area contributed by atoms with Gasteiger partial charge in [0.1, 0.15) is 29.5 Å². The Bertz CT molecular complexity index is 1480. The van der Waals surface area contributed by atoms with Crippen molar-refractivity contribution in [3.63, 3.8) is 0 Å². The number of nitrogens with one attached hydrogen (secondary N) is 2. The Morgan fingerprint density at radius 1 is 1.20 bits per heavy atom. The van der Waals surface area contributed by atoms with Crippen molar-refractivity contribution in [3.05, 3.63) is 82.2 Å². The van der Waals surface area contributed by atoms with Crippen molar-refractivity contribution in [1.82, 2.24) is 19.5 Å². The van der Waals surface area contributed by atoms with Gasteiger partial charge in [-0.25, -0.2) is 15.0 Å². The minimum Gasteiger partial charge on any atom is -0.497 e. The van der Waals surface area contributed by atoms with Gasteiger partial charge in [-0.2, -0.15) is 0 Å². The molecule has 1 aliphatic rings. The van der Waals surface area contributed by atoms with Crippen LogP contribution in [0.3, 0.4) is 0 Å². The number of rotatable bonds is 7. The summed E-state index contributed by atoms with van der Waals surface area (Å²) in [6.45, 7) is 1.93. The molecule has 2 aromatic carbocycles. The van der Waals surface area contributed by atoms with Crippen LogP contribution in [0.4, 0.5) is 11.6 Å². The summed E-state index contributed by atoms with van der Waals surface area (Å²) in [5.41, 5.74) is 8.01. The Morgan fingerprint density at radius 2 is 2.00 bits per heavy atom. The molecule has 4 N–H and O–H groups in total. The summed E-state index contributed by atoms with van der Waals surface area (Å²) < 4.78 is 7.13. The molecule has 1 atom stereocenters. The quantitative estimate of drug-likeness (QED) is 0.347. The Kier molecular flexibility index (Phi) is 5.90. The Morgan fingerprint density at radius 3 is 2.74 bits per heavy atom. The first-order chi connectivity index (χ1) is 17.0. The summed E-state index contributed by atoms with van der Waals surface area (Å²) in [4.78, 5) is 26.8. The van der Waals surface area contributed by atoms with E-state index in [1.807, 2.05) is 54.0 Å². The van der Waals surface area contributed by atoms with Crippen molar-refractivity contribution in [3.8, 4) is 5.75 Å². The van der Waals surface area contributed by atoms with E-state index in [0.717, 1.165) is 19.3 Å². The summed E-state index contributed by atoms with van der Waals surface area (Å²) >= 11 is 0. The molecule has 2 heterocycles. The fraction of sp³-hybridized carbons (Fsp3) is 0.269. The number of hydrogen-bond donors (Lipinski definition) is 3. The standard InChI is InChI=1S/C26H27N7O2/c1-15(25-32-20-12-4-3-11-19(20)26(34)33(25)17-8-6-9-17)31-24-21(23(28)29-14-30-24)22(27)16-7-5-10-18(13-16)35-2/h3-5,7,10-15,17,27H,6,8-9H2,1-2H3,(H3,28,29,30,31). The topological polar surface area (TPSA) is 132 Å². The van der Waals surface area contributed by atoms with Crippen LogP contribution in [0, 0.1) is 5.41 Å². The molecule has 4 aromatic rings. The average molecular weight is 470 g/mol. The molecular weight excluding hydrogens is 442 g/mol. The highest BCUT2D eigenvalue weighted by atomic mass is 16.5. The third kappa shape index (κ3) is 4.09. The van der Waals surface area contributed by atoms with Gasteiger partial charge in [-0.3, -0.25) is 14.8 Å². The van der Waals surface area contributed by atoms with Crippen LogP contribution >= 0.6 is 0 Å². The van der Waals surface area contributed by atoms with Crippen LogP contribution in [0.1, 0.15) is 55.2 Å². The Hall–Kier alpha value is -4.27. The summed E-state index contributed by atoms with van der Waals surface area (Å²) in [7, 11) is 1.58. The van der Waals surface area contributed by atoms with Crippen molar-refractivity contribution >= 4 is 28.3 Å². The minimum absolute atomic E-state index is 0.0319. The predicted octanol–water partition coefficient (Wildman–Crippen LogP) is 4.09. The van der Waals surface area contributed by atoms with Gasteiger partial charge < -0.3 is 15.8 Å². The van der Waals surface area contributed by atoms with E-state index in [9.17, 15) is 4.79 Å². The van der Waals surface area contributed by atoms with Gasteiger partial charge in [-0.05, 0) is 50.5 Å². The highest BCUT2D eigenvalue weighted by molar-refractivity contribution is 6.16. The lowest BCUT2D eigenvalue weighted by atomic mass is 9.92. The van der Waals surface area contributed by atoms with Gasteiger partial charge in [0.05, 0.1) is 35.3 Å². The second-order valence-corrected chi connectivity index (χ2v) is 8.70. The maximum Gasteiger partial charge on any atom is 0.261 e. The average Bonchev–Trinajstić information content (AvgIpc) is 2.84. The van der Waals surface area contributed by atoms with E-state index >= 15 is 0 Å². The molecule has 0 bridgehead atoms. The number of para-hydroxylation sites is 1. The van der Waals surface area contributed by atoms with Gasteiger partial charge in [-0.15, -0.1) is 0 Å². The predicted molar refractivity (Wildman–Crippen MR) is 136 cm³/mol. The van der Waals surface area contributed by atoms with E-state index in [1.165, 1.54) is 6.33 Å². The van der Waals surface area contributed by atoms with Gasteiger partial charge in [0.15, 0.2) is 0 Å². The van der Waals surface area contributed by atoms with Gasteiger partial charge >= 0.3 is 0 Å². The van der Waals surface area contributed by atoms with Gasteiger partial charge in [0.2, 0.25) is 0 Å². The lowest BCUT2D eigenvalue weighted by molar-refractivity contribution is 0.294. The van der Waals surface area contributed by atoms with Crippen LogP contribution < -0.4 is 21.3 Å². The lowest BCUT2D eigenvalue weighted by Gasteiger charge is -2.31. The number of ether oxygens (including phenoxy) is 1. The van der Waals surface area contributed by atoms with Crippen LogP contribution in [-0.4, -0.2) is 32.3 Å². The van der Waals surface area contributed by atoms with Crippen molar-refractivity contribution in [2.75, 3.05) is 18.2 Å². The molecule has 178 valence electrons. The monoisotopic (exact) mass is 469 g/mol. The van der Waals surface area contributed by atoms with Crippen LogP contribution in [0.5, 0.6) is 5.75 Å². The number of nitrogen functional groups attached to an aromatic ring is 1. The van der Waals surface area contributed by atoms with Crippen LogP contribution in [0.25, 0.3) is 10.9 Å². The highest BCUT2D eigenvalue weighted by Crippen LogP contribution is 2.34. The molecule has 5 rings (SSSR count). The molecule has 9 nitrogen and oxygen atoms in total. The van der Waals surface area contributed by atoms with E-state index in [2.05, 4.69) is 15.3 Å². The first-order valence-electron chi connectivity index (χ1n) is 11.6. The molecule has 1 aliphatic carbocycles. The van der Waals surface area contributed by atoms with Gasteiger partial charge in [-0.1, -0.05) is 24.3 Å². The Balaban J connectivity index is 1.56. The third-order valence-electron chi connectivity index (χ3n) is 6.50. The molecule has 0 spiro atoms. The maximum absolute atomic E-state index is 13.4. The van der Waals surface area contributed by atoms with Crippen molar-refractivity contribution in [1.29, 1.82) is 5.41 Å². The molecule has 35 heavy (non-hydrogen) atoms. The van der Waals surface area contributed by atoms with E-state index in [0.29, 0.717) is 39.4 Å². The molecule has 0 radical (unpaired) electrons. The fourth-order valence-electron chi connectivity index (χ4n) is 4.41. The van der Waals surface area contributed by atoms with Crippen molar-refractivity contribution in [2.24, 2.45) is 0 Å². The van der Waals surface area contributed by atoms with E-state index in [4.69, 9.17) is 20.9 Å². The molecule has 0 saturated heterocycles. The van der Waals surface area contributed by atoms with Crippen molar-refractivity contribution < 1.29 is 4.74 Å². The molecular formula is C26H27N7O2. The number of methoxy groups -OCH3 is 1. The largest absolute Gasteiger partial charge is 0.497 e. The number of nitrogens with two attached hydrogens (primary N) is 1. The summed E-state index contributed by atoms with van der Waals surface area (Å²) in [6.07, 6.45) is 4.35. The number of aromatic nitrogens is 4. The minimum atomic E-state index is -0.376. The highest BCUT2D eigenvalue weighted by Gasteiger charge is 2.28.